The monoisotopic (exact) mass is 298 g/mol. The maximum absolute atomic E-state index is 13.6. The number of rotatable bonds is 7. The SMILES string of the molecule is COc1ccc(CN(C)C(=O)CN(C)C(C)CO)cc1F. The highest BCUT2D eigenvalue weighted by molar-refractivity contribution is 5.78. The molecule has 1 aromatic rings. The van der Waals surface area contributed by atoms with E-state index in [1.807, 2.05) is 6.92 Å². The molecule has 118 valence electrons. The molecule has 1 aromatic carbocycles. The van der Waals surface area contributed by atoms with Crippen LogP contribution in [0.2, 0.25) is 0 Å². The van der Waals surface area contributed by atoms with Gasteiger partial charge in [0.25, 0.3) is 0 Å². The molecule has 0 heterocycles. The lowest BCUT2D eigenvalue weighted by Gasteiger charge is -2.25. The zero-order valence-corrected chi connectivity index (χ0v) is 13.0. The van der Waals surface area contributed by atoms with Crippen LogP contribution < -0.4 is 4.74 Å². The van der Waals surface area contributed by atoms with Crippen LogP contribution in [0.4, 0.5) is 4.39 Å². The molecule has 5 nitrogen and oxygen atoms in total. The number of hydrogen-bond acceptors (Lipinski definition) is 4. The van der Waals surface area contributed by atoms with Crippen LogP contribution in [-0.4, -0.2) is 61.2 Å². The Balaban J connectivity index is 2.62. The molecule has 0 fully saturated rings. The second-order valence-electron chi connectivity index (χ2n) is 5.17. The van der Waals surface area contributed by atoms with Crippen molar-refractivity contribution in [3.63, 3.8) is 0 Å². The van der Waals surface area contributed by atoms with E-state index in [0.717, 1.165) is 0 Å². The number of carbonyl (C=O) groups excluding carboxylic acids is 1. The third kappa shape index (κ3) is 4.99. The molecule has 0 aliphatic heterocycles. The van der Waals surface area contributed by atoms with E-state index in [4.69, 9.17) is 9.84 Å². The van der Waals surface area contributed by atoms with Crippen LogP contribution in [0.15, 0.2) is 18.2 Å². The Morgan fingerprint density at radius 2 is 2.10 bits per heavy atom. The van der Waals surface area contributed by atoms with Gasteiger partial charge in [0.05, 0.1) is 20.3 Å². The quantitative estimate of drug-likeness (QED) is 0.819. The van der Waals surface area contributed by atoms with Crippen LogP contribution >= 0.6 is 0 Å². The summed E-state index contributed by atoms with van der Waals surface area (Å²) in [4.78, 5) is 15.4. The topological polar surface area (TPSA) is 53.0 Å². The molecule has 1 N–H and O–H groups in total. The lowest BCUT2D eigenvalue weighted by molar-refractivity contribution is -0.131. The average molecular weight is 298 g/mol. The highest BCUT2D eigenvalue weighted by atomic mass is 19.1. The molecule has 0 aliphatic rings. The third-order valence-corrected chi connectivity index (χ3v) is 3.46. The van der Waals surface area contributed by atoms with E-state index in [9.17, 15) is 9.18 Å². The number of nitrogens with zero attached hydrogens (tertiary/aromatic N) is 2. The van der Waals surface area contributed by atoms with E-state index in [2.05, 4.69) is 0 Å². The smallest absolute Gasteiger partial charge is 0.236 e. The molecule has 1 atom stereocenters. The summed E-state index contributed by atoms with van der Waals surface area (Å²) in [6, 6.07) is 4.55. The van der Waals surface area contributed by atoms with Gasteiger partial charge in [-0.3, -0.25) is 9.69 Å². The van der Waals surface area contributed by atoms with Gasteiger partial charge in [-0.25, -0.2) is 4.39 Å². The highest BCUT2D eigenvalue weighted by Gasteiger charge is 2.16. The lowest BCUT2D eigenvalue weighted by Crippen LogP contribution is -2.41. The predicted octanol–water partition coefficient (Wildman–Crippen LogP) is 1.11. The summed E-state index contributed by atoms with van der Waals surface area (Å²) < 4.78 is 18.5. The maximum Gasteiger partial charge on any atom is 0.236 e. The summed E-state index contributed by atoms with van der Waals surface area (Å²) in [5.41, 5.74) is 0.696. The third-order valence-electron chi connectivity index (χ3n) is 3.46. The van der Waals surface area contributed by atoms with Crippen molar-refractivity contribution in [1.82, 2.24) is 9.80 Å². The van der Waals surface area contributed by atoms with Crippen molar-refractivity contribution in [2.24, 2.45) is 0 Å². The zero-order chi connectivity index (χ0) is 16.0. The second kappa shape index (κ2) is 7.95. The Kier molecular flexibility index (Phi) is 6.58. The van der Waals surface area contributed by atoms with Gasteiger partial charge >= 0.3 is 0 Å². The van der Waals surface area contributed by atoms with Gasteiger partial charge in [0, 0.05) is 19.6 Å². The molecule has 1 unspecified atom stereocenters. The maximum atomic E-state index is 13.6. The molecule has 6 heteroatoms. The van der Waals surface area contributed by atoms with Gasteiger partial charge in [-0.1, -0.05) is 6.07 Å². The number of halogens is 1. The minimum atomic E-state index is -0.443. The number of likely N-dealkylation sites (N-methyl/N-ethyl adjacent to an activating group) is 2. The van der Waals surface area contributed by atoms with Crippen LogP contribution in [0, 0.1) is 5.82 Å². The molecule has 0 aromatic heterocycles. The number of aliphatic hydroxyl groups excluding tert-OH is 1. The molecule has 1 rings (SSSR count). The van der Waals surface area contributed by atoms with Crippen molar-refractivity contribution < 1.29 is 19.0 Å². The zero-order valence-electron chi connectivity index (χ0n) is 13.0. The first-order chi connectivity index (χ1) is 9.88. The summed E-state index contributed by atoms with van der Waals surface area (Å²) in [6.45, 7) is 2.36. The molecule has 0 spiro atoms. The fourth-order valence-electron chi connectivity index (χ4n) is 1.80. The van der Waals surface area contributed by atoms with Crippen LogP contribution in [0.3, 0.4) is 0 Å². The molecular formula is C15H23FN2O3. The highest BCUT2D eigenvalue weighted by Crippen LogP contribution is 2.18. The molecular weight excluding hydrogens is 275 g/mol. The van der Waals surface area contributed by atoms with Crippen molar-refractivity contribution in [1.29, 1.82) is 0 Å². The van der Waals surface area contributed by atoms with Crippen molar-refractivity contribution in [2.45, 2.75) is 19.5 Å². The number of methoxy groups -OCH3 is 1. The first kappa shape index (κ1) is 17.4. The number of ether oxygens (including phenoxy) is 1. The van der Waals surface area contributed by atoms with Gasteiger partial charge < -0.3 is 14.7 Å². The predicted molar refractivity (Wildman–Crippen MR) is 78.6 cm³/mol. The van der Waals surface area contributed by atoms with Crippen molar-refractivity contribution >= 4 is 5.91 Å². The van der Waals surface area contributed by atoms with E-state index in [1.165, 1.54) is 18.1 Å². The number of carbonyl (C=O) groups is 1. The summed E-state index contributed by atoms with van der Waals surface area (Å²) in [5, 5.41) is 9.05. The van der Waals surface area contributed by atoms with Crippen molar-refractivity contribution in [3.05, 3.63) is 29.6 Å². The van der Waals surface area contributed by atoms with Crippen LogP contribution in [0.1, 0.15) is 12.5 Å². The molecule has 0 saturated carbocycles. The van der Waals surface area contributed by atoms with E-state index in [-0.39, 0.29) is 30.9 Å². The van der Waals surface area contributed by atoms with E-state index < -0.39 is 5.82 Å². The number of amides is 1. The van der Waals surface area contributed by atoms with E-state index >= 15 is 0 Å². The van der Waals surface area contributed by atoms with Gasteiger partial charge in [0.15, 0.2) is 11.6 Å². The first-order valence-electron chi connectivity index (χ1n) is 6.76. The molecule has 21 heavy (non-hydrogen) atoms. The molecule has 0 bridgehead atoms. The molecule has 0 radical (unpaired) electrons. The summed E-state index contributed by atoms with van der Waals surface area (Å²) in [6.07, 6.45) is 0. The second-order valence-corrected chi connectivity index (χ2v) is 5.17. The van der Waals surface area contributed by atoms with Crippen LogP contribution in [0.5, 0.6) is 5.75 Å². The number of aliphatic hydroxyl groups is 1. The fraction of sp³-hybridized carbons (Fsp3) is 0.533. The Morgan fingerprint density at radius 3 is 2.62 bits per heavy atom. The van der Waals surface area contributed by atoms with Crippen LogP contribution in [-0.2, 0) is 11.3 Å². The molecule has 0 saturated heterocycles. The average Bonchev–Trinajstić information content (AvgIpc) is 2.46. The minimum absolute atomic E-state index is 0.00279. The Labute approximate surface area is 124 Å². The summed E-state index contributed by atoms with van der Waals surface area (Å²) >= 11 is 0. The van der Waals surface area contributed by atoms with E-state index in [1.54, 1.807) is 31.1 Å². The fourth-order valence-corrected chi connectivity index (χ4v) is 1.80. The van der Waals surface area contributed by atoms with Crippen molar-refractivity contribution in [2.75, 3.05) is 34.4 Å². The lowest BCUT2D eigenvalue weighted by atomic mass is 10.2. The van der Waals surface area contributed by atoms with Gasteiger partial charge in [-0.2, -0.15) is 0 Å². The number of benzene rings is 1. The molecule has 0 aliphatic carbocycles. The normalized spacial score (nSPS) is 12.3. The van der Waals surface area contributed by atoms with Gasteiger partial charge in [0.2, 0.25) is 5.91 Å². The van der Waals surface area contributed by atoms with Gasteiger partial charge in [-0.15, -0.1) is 0 Å². The van der Waals surface area contributed by atoms with Crippen LogP contribution in [0.25, 0.3) is 0 Å². The van der Waals surface area contributed by atoms with Gasteiger partial charge in [-0.05, 0) is 31.7 Å². The van der Waals surface area contributed by atoms with Crippen molar-refractivity contribution in [3.8, 4) is 5.75 Å². The standard InChI is InChI=1S/C15H23FN2O3/c1-11(10-19)17(2)9-15(20)18(3)8-12-5-6-14(21-4)13(16)7-12/h5-7,11,19H,8-10H2,1-4H3. The first-order valence-corrected chi connectivity index (χ1v) is 6.76. The molecule has 1 amide bonds. The summed E-state index contributed by atoms with van der Waals surface area (Å²) in [7, 11) is 4.85. The largest absolute Gasteiger partial charge is 0.494 e. The Hall–Kier alpha value is -1.66. The van der Waals surface area contributed by atoms with Gasteiger partial charge in [0.1, 0.15) is 0 Å². The minimum Gasteiger partial charge on any atom is -0.494 e. The number of hydrogen-bond donors (Lipinski definition) is 1. The van der Waals surface area contributed by atoms with E-state index in [0.29, 0.717) is 12.1 Å². The summed E-state index contributed by atoms with van der Waals surface area (Å²) in [5.74, 6) is -0.347. The Bertz CT molecular complexity index is 482. The Morgan fingerprint density at radius 1 is 1.43 bits per heavy atom.